The van der Waals surface area contributed by atoms with Gasteiger partial charge in [0, 0.05) is 30.3 Å². The summed E-state index contributed by atoms with van der Waals surface area (Å²) >= 11 is 5.85. The Balaban J connectivity index is 1.64. The molecule has 7 heteroatoms. The van der Waals surface area contributed by atoms with Crippen molar-refractivity contribution in [1.82, 2.24) is 10.2 Å². The molecule has 1 fully saturated rings. The fourth-order valence-corrected chi connectivity index (χ4v) is 3.06. The Morgan fingerprint density at radius 3 is 2.42 bits per heavy atom. The Bertz CT molecular complexity index is 719. The number of halogens is 2. The van der Waals surface area contributed by atoms with Crippen LogP contribution in [0, 0.1) is 5.82 Å². The third kappa shape index (κ3) is 5.17. The molecule has 1 aliphatic rings. The van der Waals surface area contributed by atoms with E-state index < -0.39 is 0 Å². The Kier molecular flexibility index (Phi) is 6.44. The van der Waals surface area contributed by atoms with Gasteiger partial charge in [0.05, 0.1) is 19.3 Å². The summed E-state index contributed by atoms with van der Waals surface area (Å²) in [5.74, 6) is -0.275. The second-order valence-corrected chi connectivity index (χ2v) is 6.49. The molecule has 0 radical (unpaired) electrons. The van der Waals surface area contributed by atoms with Gasteiger partial charge in [-0.15, -0.1) is 0 Å². The number of morpholine rings is 1. The summed E-state index contributed by atoms with van der Waals surface area (Å²) in [5.41, 5.74) is 1.62. The summed E-state index contributed by atoms with van der Waals surface area (Å²) in [6.07, 6.45) is 0. The van der Waals surface area contributed by atoms with Crippen molar-refractivity contribution in [3.05, 3.63) is 64.9 Å². The van der Waals surface area contributed by atoms with Gasteiger partial charge in [-0.3, -0.25) is 4.90 Å². The van der Waals surface area contributed by atoms with Crippen molar-refractivity contribution in [3.63, 3.8) is 0 Å². The summed E-state index contributed by atoms with van der Waals surface area (Å²) < 4.78 is 18.7. The number of anilines is 1. The lowest BCUT2D eigenvalue weighted by molar-refractivity contribution is 0.0167. The SMILES string of the molecule is O=C(NC[C@@H](c1ccc(F)cc1)N1CCOCC1)Nc1ccc(Cl)cc1. The molecule has 0 bridgehead atoms. The van der Waals surface area contributed by atoms with Gasteiger partial charge in [0.15, 0.2) is 0 Å². The number of carbonyl (C=O) groups is 1. The number of urea groups is 1. The van der Waals surface area contributed by atoms with E-state index in [0.717, 1.165) is 18.7 Å². The van der Waals surface area contributed by atoms with Crippen molar-refractivity contribution in [2.45, 2.75) is 6.04 Å². The maximum Gasteiger partial charge on any atom is 0.319 e. The summed E-state index contributed by atoms with van der Waals surface area (Å²) in [6.45, 7) is 3.24. The van der Waals surface area contributed by atoms with Crippen LogP contribution >= 0.6 is 11.6 Å². The van der Waals surface area contributed by atoms with Crippen LogP contribution in [-0.4, -0.2) is 43.8 Å². The average Bonchev–Trinajstić information content (AvgIpc) is 2.66. The molecule has 1 atom stereocenters. The van der Waals surface area contributed by atoms with Crippen molar-refractivity contribution in [3.8, 4) is 0 Å². The Labute approximate surface area is 157 Å². The zero-order valence-corrected chi connectivity index (χ0v) is 15.0. The second kappa shape index (κ2) is 8.98. The smallest absolute Gasteiger partial charge is 0.319 e. The van der Waals surface area contributed by atoms with Crippen LogP contribution in [0.2, 0.25) is 5.02 Å². The van der Waals surface area contributed by atoms with E-state index in [1.54, 1.807) is 36.4 Å². The molecule has 3 rings (SSSR count). The zero-order valence-electron chi connectivity index (χ0n) is 14.3. The summed E-state index contributed by atoms with van der Waals surface area (Å²) in [6, 6.07) is 13.0. The molecule has 0 aliphatic carbocycles. The zero-order chi connectivity index (χ0) is 18.4. The number of benzene rings is 2. The van der Waals surface area contributed by atoms with Crippen LogP contribution in [0.5, 0.6) is 0 Å². The second-order valence-electron chi connectivity index (χ2n) is 6.06. The van der Waals surface area contributed by atoms with Crippen molar-refractivity contribution in [1.29, 1.82) is 0 Å². The van der Waals surface area contributed by atoms with Crippen LogP contribution in [0.1, 0.15) is 11.6 Å². The number of carbonyl (C=O) groups excluding carboxylic acids is 1. The normalized spacial score (nSPS) is 16.1. The van der Waals surface area contributed by atoms with Crippen molar-refractivity contribution in [2.75, 3.05) is 38.2 Å². The van der Waals surface area contributed by atoms with Crippen molar-refractivity contribution >= 4 is 23.3 Å². The maximum atomic E-state index is 13.3. The highest BCUT2D eigenvalue weighted by Gasteiger charge is 2.23. The van der Waals surface area contributed by atoms with E-state index in [0.29, 0.717) is 30.5 Å². The molecular weight excluding hydrogens is 357 g/mol. The topological polar surface area (TPSA) is 53.6 Å². The molecule has 0 saturated carbocycles. The minimum absolute atomic E-state index is 0.0459. The Morgan fingerprint density at radius 1 is 1.12 bits per heavy atom. The molecule has 1 saturated heterocycles. The highest BCUT2D eigenvalue weighted by molar-refractivity contribution is 6.30. The fraction of sp³-hybridized carbons (Fsp3) is 0.316. The highest BCUT2D eigenvalue weighted by Crippen LogP contribution is 2.22. The first-order valence-corrected chi connectivity index (χ1v) is 8.87. The minimum atomic E-state index is -0.298. The lowest BCUT2D eigenvalue weighted by Crippen LogP contribution is -2.44. The largest absolute Gasteiger partial charge is 0.379 e. The van der Waals surface area contributed by atoms with Crippen LogP contribution in [0.15, 0.2) is 48.5 Å². The molecule has 0 aromatic heterocycles. The molecule has 2 aromatic rings. The van der Waals surface area contributed by atoms with Crippen LogP contribution < -0.4 is 10.6 Å². The maximum absolute atomic E-state index is 13.3. The van der Waals surface area contributed by atoms with Gasteiger partial charge >= 0.3 is 6.03 Å². The molecule has 2 amide bonds. The van der Waals surface area contributed by atoms with Gasteiger partial charge < -0.3 is 15.4 Å². The van der Waals surface area contributed by atoms with Crippen LogP contribution in [0.25, 0.3) is 0 Å². The first-order chi connectivity index (χ1) is 12.6. The van der Waals surface area contributed by atoms with E-state index in [1.165, 1.54) is 12.1 Å². The number of hydrogen-bond donors (Lipinski definition) is 2. The first kappa shape index (κ1) is 18.6. The van der Waals surface area contributed by atoms with E-state index in [1.807, 2.05) is 0 Å². The van der Waals surface area contributed by atoms with Gasteiger partial charge in [-0.2, -0.15) is 0 Å². The molecule has 138 valence electrons. The summed E-state index contributed by atoms with van der Waals surface area (Å²) in [5, 5.41) is 6.28. The van der Waals surface area contributed by atoms with Gasteiger partial charge in [-0.05, 0) is 42.0 Å². The minimum Gasteiger partial charge on any atom is -0.379 e. The van der Waals surface area contributed by atoms with E-state index in [-0.39, 0.29) is 17.9 Å². The number of ether oxygens (including phenoxy) is 1. The molecule has 2 aromatic carbocycles. The summed E-state index contributed by atoms with van der Waals surface area (Å²) in [4.78, 5) is 14.4. The first-order valence-electron chi connectivity index (χ1n) is 8.49. The third-order valence-electron chi connectivity index (χ3n) is 4.30. The molecule has 0 spiro atoms. The predicted molar refractivity (Wildman–Crippen MR) is 100 cm³/mol. The highest BCUT2D eigenvalue weighted by atomic mass is 35.5. The van der Waals surface area contributed by atoms with E-state index in [2.05, 4.69) is 15.5 Å². The molecular formula is C19H21ClFN3O2. The van der Waals surface area contributed by atoms with E-state index >= 15 is 0 Å². The number of rotatable bonds is 5. The molecule has 2 N–H and O–H groups in total. The molecule has 5 nitrogen and oxygen atoms in total. The number of hydrogen-bond acceptors (Lipinski definition) is 3. The van der Waals surface area contributed by atoms with E-state index in [9.17, 15) is 9.18 Å². The van der Waals surface area contributed by atoms with Crippen LogP contribution in [0.3, 0.4) is 0 Å². The van der Waals surface area contributed by atoms with Gasteiger partial charge in [0.2, 0.25) is 0 Å². The fourth-order valence-electron chi connectivity index (χ4n) is 2.93. The average molecular weight is 378 g/mol. The predicted octanol–water partition coefficient (Wildman–Crippen LogP) is 3.67. The Hall–Kier alpha value is -2.15. The number of nitrogens with zero attached hydrogens (tertiary/aromatic N) is 1. The standard InChI is InChI=1S/C19H21ClFN3O2/c20-15-3-7-17(8-4-15)23-19(25)22-13-18(24-9-11-26-12-10-24)14-1-5-16(21)6-2-14/h1-8,18H,9-13H2,(H2,22,23,25)/t18-/m0/s1. The van der Waals surface area contributed by atoms with Gasteiger partial charge in [0.25, 0.3) is 0 Å². The Morgan fingerprint density at radius 2 is 1.77 bits per heavy atom. The van der Waals surface area contributed by atoms with Crippen molar-refractivity contribution < 1.29 is 13.9 Å². The van der Waals surface area contributed by atoms with Gasteiger partial charge in [-0.25, -0.2) is 9.18 Å². The molecule has 1 heterocycles. The van der Waals surface area contributed by atoms with Gasteiger partial charge in [-0.1, -0.05) is 23.7 Å². The molecule has 1 aliphatic heterocycles. The van der Waals surface area contributed by atoms with Gasteiger partial charge in [0.1, 0.15) is 5.82 Å². The van der Waals surface area contributed by atoms with E-state index in [4.69, 9.17) is 16.3 Å². The molecule has 0 unspecified atom stereocenters. The lowest BCUT2D eigenvalue weighted by atomic mass is 10.0. The lowest BCUT2D eigenvalue weighted by Gasteiger charge is -2.34. The van der Waals surface area contributed by atoms with Crippen LogP contribution in [-0.2, 0) is 4.74 Å². The number of nitrogens with one attached hydrogen (secondary N) is 2. The summed E-state index contributed by atoms with van der Waals surface area (Å²) in [7, 11) is 0. The monoisotopic (exact) mass is 377 g/mol. The number of amides is 2. The van der Waals surface area contributed by atoms with Crippen LogP contribution in [0.4, 0.5) is 14.9 Å². The third-order valence-corrected chi connectivity index (χ3v) is 4.55. The molecule has 26 heavy (non-hydrogen) atoms. The quantitative estimate of drug-likeness (QED) is 0.835. The van der Waals surface area contributed by atoms with Crippen molar-refractivity contribution in [2.24, 2.45) is 0 Å².